The van der Waals surface area contributed by atoms with Crippen molar-refractivity contribution in [2.24, 2.45) is 0 Å². The number of thioether (sulfide) groups is 1. The zero-order chi connectivity index (χ0) is 20.5. The molecule has 0 aliphatic rings. The normalized spacial score (nSPS) is 11.9. The summed E-state index contributed by atoms with van der Waals surface area (Å²) in [4.78, 5) is 28.3. The number of carbonyl (C=O) groups excluding carboxylic acids is 2. The van der Waals surface area contributed by atoms with Gasteiger partial charge in [-0.15, -0.1) is 11.8 Å². The number of hydrogen-bond donors (Lipinski definition) is 1. The summed E-state index contributed by atoms with van der Waals surface area (Å²) < 4.78 is 0.985. The Morgan fingerprint density at radius 3 is 2.29 bits per heavy atom. The highest BCUT2D eigenvalue weighted by Crippen LogP contribution is 2.20. The van der Waals surface area contributed by atoms with Crippen molar-refractivity contribution in [3.63, 3.8) is 0 Å². The molecule has 0 aliphatic heterocycles. The van der Waals surface area contributed by atoms with Crippen LogP contribution in [0, 0.1) is 0 Å². The van der Waals surface area contributed by atoms with Gasteiger partial charge < -0.3 is 10.2 Å². The Labute approximate surface area is 180 Å². The lowest BCUT2D eigenvalue weighted by Gasteiger charge is -2.29. The van der Waals surface area contributed by atoms with Crippen LogP contribution < -0.4 is 5.32 Å². The van der Waals surface area contributed by atoms with Crippen LogP contribution in [0.1, 0.15) is 32.8 Å². The molecule has 1 atom stereocenters. The van der Waals surface area contributed by atoms with E-state index in [2.05, 4.69) is 21.2 Å². The fraction of sp³-hybridized carbons (Fsp3) is 0.364. The SMILES string of the molecule is CC(C)NC(=O)[C@H](C)N(Cc1ccc(Br)cc1)C(=O)CCSc1ccccc1. The number of amides is 2. The van der Waals surface area contributed by atoms with E-state index in [9.17, 15) is 9.59 Å². The lowest BCUT2D eigenvalue weighted by Crippen LogP contribution is -2.49. The fourth-order valence-electron chi connectivity index (χ4n) is 2.69. The third kappa shape index (κ3) is 7.32. The largest absolute Gasteiger partial charge is 0.352 e. The Kier molecular flexibility index (Phi) is 9.06. The molecule has 4 nitrogen and oxygen atoms in total. The average molecular weight is 463 g/mol. The summed E-state index contributed by atoms with van der Waals surface area (Å²) in [6, 6.07) is 17.4. The molecule has 0 radical (unpaired) electrons. The van der Waals surface area contributed by atoms with E-state index in [1.807, 2.05) is 68.4 Å². The van der Waals surface area contributed by atoms with Gasteiger partial charge in [0, 0.05) is 34.1 Å². The molecule has 0 unspecified atom stereocenters. The average Bonchev–Trinajstić information content (AvgIpc) is 2.67. The molecule has 150 valence electrons. The number of halogens is 1. The van der Waals surface area contributed by atoms with E-state index in [-0.39, 0.29) is 17.9 Å². The molecule has 0 fully saturated rings. The second-order valence-corrected chi connectivity index (χ2v) is 8.98. The summed E-state index contributed by atoms with van der Waals surface area (Å²) in [5.74, 6) is 0.534. The predicted octanol–water partition coefficient (Wildman–Crippen LogP) is 4.87. The first kappa shape index (κ1) is 22.5. The summed E-state index contributed by atoms with van der Waals surface area (Å²) in [5, 5.41) is 2.91. The Morgan fingerprint density at radius 1 is 1.04 bits per heavy atom. The molecular formula is C22H27BrN2O2S. The lowest BCUT2D eigenvalue weighted by molar-refractivity contribution is -0.140. The van der Waals surface area contributed by atoms with Crippen molar-refractivity contribution in [1.82, 2.24) is 10.2 Å². The second-order valence-electron chi connectivity index (χ2n) is 6.90. The van der Waals surface area contributed by atoms with E-state index in [0.29, 0.717) is 18.7 Å². The topological polar surface area (TPSA) is 49.4 Å². The highest BCUT2D eigenvalue weighted by Gasteiger charge is 2.26. The molecule has 0 bridgehead atoms. The van der Waals surface area contributed by atoms with Gasteiger partial charge in [-0.2, -0.15) is 0 Å². The highest BCUT2D eigenvalue weighted by molar-refractivity contribution is 9.10. The molecule has 0 spiro atoms. The minimum absolute atomic E-state index is 0.0160. The quantitative estimate of drug-likeness (QED) is 0.540. The van der Waals surface area contributed by atoms with Crippen LogP contribution in [0.4, 0.5) is 0 Å². The van der Waals surface area contributed by atoms with Gasteiger partial charge in [-0.3, -0.25) is 9.59 Å². The summed E-state index contributed by atoms with van der Waals surface area (Å²) >= 11 is 5.08. The number of nitrogens with zero attached hydrogens (tertiary/aromatic N) is 1. The van der Waals surface area contributed by atoms with Gasteiger partial charge in [0.2, 0.25) is 11.8 Å². The third-order valence-electron chi connectivity index (χ3n) is 4.19. The van der Waals surface area contributed by atoms with Gasteiger partial charge in [0.1, 0.15) is 6.04 Å². The monoisotopic (exact) mass is 462 g/mol. The van der Waals surface area contributed by atoms with Crippen molar-refractivity contribution < 1.29 is 9.59 Å². The maximum Gasteiger partial charge on any atom is 0.242 e. The highest BCUT2D eigenvalue weighted by atomic mass is 79.9. The van der Waals surface area contributed by atoms with Crippen LogP contribution in [0.5, 0.6) is 0 Å². The molecule has 28 heavy (non-hydrogen) atoms. The minimum atomic E-state index is -0.528. The second kappa shape index (κ2) is 11.3. The van der Waals surface area contributed by atoms with Crippen LogP contribution >= 0.6 is 27.7 Å². The Morgan fingerprint density at radius 2 is 1.68 bits per heavy atom. The molecule has 0 aromatic heterocycles. The molecule has 6 heteroatoms. The van der Waals surface area contributed by atoms with Gasteiger partial charge in [0.25, 0.3) is 0 Å². The van der Waals surface area contributed by atoms with E-state index in [4.69, 9.17) is 0 Å². The summed E-state index contributed by atoms with van der Waals surface area (Å²) in [6.07, 6.45) is 0.384. The van der Waals surface area contributed by atoms with E-state index in [1.54, 1.807) is 23.6 Å². The summed E-state index contributed by atoms with van der Waals surface area (Å²) in [6.45, 7) is 6.04. The first-order chi connectivity index (χ1) is 13.4. The predicted molar refractivity (Wildman–Crippen MR) is 119 cm³/mol. The van der Waals surface area contributed by atoms with Gasteiger partial charge in [0.05, 0.1) is 0 Å². The van der Waals surface area contributed by atoms with Gasteiger partial charge in [0.15, 0.2) is 0 Å². The molecule has 2 rings (SSSR count). The molecular weight excluding hydrogens is 436 g/mol. The van der Waals surface area contributed by atoms with Crippen LogP contribution in [-0.2, 0) is 16.1 Å². The summed E-state index contributed by atoms with van der Waals surface area (Å²) in [7, 11) is 0. The molecule has 0 heterocycles. The van der Waals surface area contributed by atoms with Gasteiger partial charge in [-0.05, 0) is 50.6 Å². The fourth-order valence-corrected chi connectivity index (χ4v) is 3.82. The Balaban J connectivity index is 2.05. The zero-order valence-corrected chi connectivity index (χ0v) is 18.9. The molecule has 0 saturated heterocycles. The van der Waals surface area contributed by atoms with Gasteiger partial charge in [-0.1, -0.05) is 46.3 Å². The first-order valence-corrected chi connectivity index (χ1v) is 11.2. The number of hydrogen-bond acceptors (Lipinski definition) is 3. The molecule has 2 aromatic rings. The molecule has 0 saturated carbocycles. The number of carbonyl (C=O) groups is 2. The summed E-state index contributed by atoms with van der Waals surface area (Å²) in [5.41, 5.74) is 0.997. The van der Waals surface area contributed by atoms with Gasteiger partial charge in [-0.25, -0.2) is 0 Å². The van der Waals surface area contributed by atoms with E-state index >= 15 is 0 Å². The zero-order valence-electron chi connectivity index (χ0n) is 16.5. The maximum absolute atomic E-state index is 13.0. The van der Waals surface area contributed by atoms with Gasteiger partial charge >= 0.3 is 0 Å². The van der Waals surface area contributed by atoms with Crippen LogP contribution in [0.3, 0.4) is 0 Å². The standard InChI is InChI=1S/C22H27BrN2O2S/c1-16(2)24-22(27)17(3)25(15-18-9-11-19(23)12-10-18)21(26)13-14-28-20-7-5-4-6-8-20/h4-12,16-17H,13-15H2,1-3H3,(H,24,27)/t17-/m0/s1. The number of rotatable bonds is 9. The van der Waals surface area contributed by atoms with Crippen molar-refractivity contribution in [2.75, 3.05) is 5.75 Å². The lowest BCUT2D eigenvalue weighted by atomic mass is 10.1. The smallest absolute Gasteiger partial charge is 0.242 e. The minimum Gasteiger partial charge on any atom is -0.352 e. The maximum atomic E-state index is 13.0. The number of nitrogens with one attached hydrogen (secondary N) is 1. The number of benzene rings is 2. The molecule has 1 N–H and O–H groups in total. The van der Waals surface area contributed by atoms with E-state index < -0.39 is 6.04 Å². The van der Waals surface area contributed by atoms with Crippen molar-refractivity contribution >= 4 is 39.5 Å². The van der Waals surface area contributed by atoms with E-state index in [1.165, 1.54) is 0 Å². The Hall–Kier alpha value is -1.79. The first-order valence-electron chi connectivity index (χ1n) is 9.39. The van der Waals surface area contributed by atoms with Crippen LogP contribution in [-0.4, -0.2) is 34.6 Å². The van der Waals surface area contributed by atoms with Crippen LogP contribution in [0.25, 0.3) is 0 Å². The van der Waals surface area contributed by atoms with Crippen molar-refractivity contribution in [1.29, 1.82) is 0 Å². The molecule has 2 aromatic carbocycles. The van der Waals surface area contributed by atoms with Crippen molar-refractivity contribution in [2.45, 2.75) is 50.7 Å². The molecule has 0 aliphatic carbocycles. The third-order valence-corrected chi connectivity index (χ3v) is 5.73. The van der Waals surface area contributed by atoms with E-state index in [0.717, 1.165) is 14.9 Å². The Bertz CT molecular complexity index is 766. The molecule has 2 amide bonds. The van der Waals surface area contributed by atoms with Crippen molar-refractivity contribution in [3.8, 4) is 0 Å². The van der Waals surface area contributed by atoms with Crippen molar-refractivity contribution in [3.05, 3.63) is 64.6 Å². The van der Waals surface area contributed by atoms with Crippen LogP contribution in [0.2, 0.25) is 0 Å². The van der Waals surface area contributed by atoms with Crippen LogP contribution in [0.15, 0.2) is 64.0 Å².